The van der Waals surface area contributed by atoms with Gasteiger partial charge in [-0.2, -0.15) is 0 Å². The van der Waals surface area contributed by atoms with Gasteiger partial charge < -0.3 is 10.2 Å². The molecule has 0 aliphatic heterocycles. The molecule has 120 valence electrons. The molecule has 0 bridgehead atoms. The van der Waals surface area contributed by atoms with Crippen molar-refractivity contribution in [2.45, 2.75) is 60.4 Å². The predicted octanol–water partition coefficient (Wildman–Crippen LogP) is 4.76. The van der Waals surface area contributed by atoms with E-state index in [-0.39, 0.29) is 0 Å². The maximum absolute atomic E-state index is 3.49. The highest BCUT2D eigenvalue weighted by atomic mass is 15.1. The Morgan fingerprint density at radius 2 is 1.81 bits per heavy atom. The number of hydrogen-bond donors (Lipinski definition) is 1. The van der Waals surface area contributed by atoms with Crippen LogP contribution in [0.5, 0.6) is 0 Å². The predicted molar refractivity (Wildman–Crippen MR) is 95.1 cm³/mol. The summed E-state index contributed by atoms with van der Waals surface area (Å²) in [6.45, 7) is 15.6. The van der Waals surface area contributed by atoms with E-state index in [0.29, 0.717) is 0 Å². The fourth-order valence-electron chi connectivity index (χ4n) is 2.75. The summed E-state index contributed by atoms with van der Waals surface area (Å²) in [4.78, 5) is 2.52. The van der Waals surface area contributed by atoms with Gasteiger partial charge in [-0.3, -0.25) is 0 Å². The first-order valence-electron chi connectivity index (χ1n) is 8.71. The smallest absolute Gasteiger partial charge is 0.0369 e. The normalized spacial score (nSPS) is 11.1. The Kier molecular flexibility index (Phi) is 8.44. The monoisotopic (exact) mass is 290 g/mol. The van der Waals surface area contributed by atoms with Crippen LogP contribution in [0, 0.1) is 12.8 Å². The largest absolute Gasteiger partial charge is 0.372 e. The fourth-order valence-corrected chi connectivity index (χ4v) is 2.75. The van der Waals surface area contributed by atoms with Crippen molar-refractivity contribution in [1.29, 1.82) is 0 Å². The van der Waals surface area contributed by atoms with E-state index in [4.69, 9.17) is 0 Å². The third kappa shape index (κ3) is 5.70. The second-order valence-corrected chi connectivity index (χ2v) is 6.01. The van der Waals surface area contributed by atoms with Crippen molar-refractivity contribution in [1.82, 2.24) is 5.32 Å². The van der Waals surface area contributed by atoms with Crippen LogP contribution in [0.3, 0.4) is 0 Å². The molecule has 0 fully saturated rings. The lowest BCUT2D eigenvalue weighted by Gasteiger charge is -2.28. The zero-order valence-electron chi connectivity index (χ0n) is 14.7. The van der Waals surface area contributed by atoms with E-state index in [2.05, 4.69) is 63.0 Å². The molecule has 0 spiro atoms. The lowest BCUT2D eigenvalue weighted by Crippen LogP contribution is -2.29. The van der Waals surface area contributed by atoms with Gasteiger partial charge in [0.1, 0.15) is 0 Å². The second-order valence-electron chi connectivity index (χ2n) is 6.01. The van der Waals surface area contributed by atoms with Crippen molar-refractivity contribution in [3.63, 3.8) is 0 Å². The van der Waals surface area contributed by atoms with Crippen LogP contribution in [-0.4, -0.2) is 19.6 Å². The first kappa shape index (κ1) is 18.0. The van der Waals surface area contributed by atoms with Gasteiger partial charge in [0.15, 0.2) is 0 Å². The SMILES string of the molecule is CCCNCc1ccc(N(CC)CC(CC)CC)cc1C. The van der Waals surface area contributed by atoms with Crippen molar-refractivity contribution in [3.05, 3.63) is 29.3 Å². The lowest BCUT2D eigenvalue weighted by molar-refractivity contribution is 0.486. The standard InChI is InChI=1S/C19H34N2/c1-6-12-20-14-18-10-11-19(13-16(18)5)21(9-4)15-17(7-2)8-3/h10-11,13,17,20H,6-9,12,14-15H2,1-5H3. The Balaban J connectivity index is 2.75. The number of anilines is 1. The molecule has 0 saturated carbocycles. The van der Waals surface area contributed by atoms with Gasteiger partial charge in [0.05, 0.1) is 0 Å². The van der Waals surface area contributed by atoms with Crippen LogP contribution >= 0.6 is 0 Å². The van der Waals surface area contributed by atoms with E-state index in [9.17, 15) is 0 Å². The number of hydrogen-bond acceptors (Lipinski definition) is 2. The van der Waals surface area contributed by atoms with Crippen LogP contribution in [0.15, 0.2) is 18.2 Å². The van der Waals surface area contributed by atoms with E-state index in [1.54, 1.807) is 0 Å². The molecule has 0 amide bonds. The molecule has 1 rings (SSSR count). The molecule has 2 heteroatoms. The molecule has 0 aliphatic carbocycles. The molecule has 0 unspecified atom stereocenters. The number of nitrogens with one attached hydrogen (secondary N) is 1. The topological polar surface area (TPSA) is 15.3 Å². The summed E-state index contributed by atoms with van der Waals surface area (Å²) in [5.74, 6) is 0.802. The molecule has 1 N–H and O–H groups in total. The quantitative estimate of drug-likeness (QED) is 0.625. The average Bonchev–Trinajstić information content (AvgIpc) is 2.50. The van der Waals surface area contributed by atoms with Crippen LogP contribution in [-0.2, 0) is 6.54 Å². The van der Waals surface area contributed by atoms with Gasteiger partial charge in [0.2, 0.25) is 0 Å². The first-order valence-corrected chi connectivity index (χ1v) is 8.71. The van der Waals surface area contributed by atoms with E-state index in [0.717, 1.165) is 25.6 Å². The lowest BCUT2D eigenvalue weighted by atomic mass is 10.0. The molecule has 1 aromatic rings. The fraction of sp³-hybridized carbons (Fsp3) is 0.684. The number of rotatable bonds is 10. The van der Waals surface area contributed by atoms with Gasteiger partial charge in [0, 0.05) is 25.3 Å². The molecule has 0 aliphatic rings. The highest BCUT2D eigenvalue weighted by Crippen LogP contribution is 2.22. The molecule has 21 heavy (non-hydrogen) atoms. The van der Waals surface area contributed by atoms with Crippen LogP contribution in [0.2, 0.25) is 0 Å². The van der Waals surface area contributed by atoms with Crippen molar-refractivity contribution in [2.24, 2.45) is 5.92 Å². The van der Waals surface area contributed by atoms with Crippen molar-refractivity contribution < 1.29 is 0 Å². The van der Waals surface area contributed by atoms with Crippen LogP contribution in [0.1, 0.15) is 58.1 Å². The van der Waals surface area contributed by atoms with Gasteiger partial charge in [-0.25, -0.2) is 0 Å². The summed E-state index contributed by atoms with van der Waals surface area (Å²) < 4.78 is 0. The minimum absolute atomic E-state index is 0.802. The Hall–Kier alpha value is -1.02. The molecular weight excluding hydrogens is 256 g/mol. The van der Waals surface area contributed by atoms with Crippen molar-refractivity contribution in [3.8, 4) is 0 Å². The van der Waals surface area contributed by atoms with Crippen molar-refractivity contribution in [2.75, 3.05) is 24.5 Å². The number of benzene rings is 1. The minimum Gasteiger partial charge on any atom is -0.372 e. The van der Waals surface area contributed by atoms with Gasteiger partial charge >= 0.3 is 0 Å². The molecule has 0 atom stereocenters. The Labute approximate surface area is 131 Å². The third-order valence-electron chi connectivity index (χ3n) is 4.45. The minimum atomic E-state index is 0.802. The van der Waals surface area contributed by atoms with E-state index >= 15 is 0 Å². The van der Waals surface area contributed by atoms with Crippen LogP contribution < -0.4 is 10.2 Å². The summed E-state index contributed by atoms with van der Waals surface area (Å²) in [6.07, 6.45) is 3.73. The molecule has 0 saturated heterocycles. The summed E-state index contributed by atoms with van der Waals surface area (Å²) in [7, 11) is 0. The number of nitrogens with zero attached hydrogens (tertiary/aromatic N) is 1. The van der Waals surface area contributed by atoms with E-state index in [1.165, 1.54) is 42.6 Å². The van der Waals surface area contributed by atoms with Gasteiger partial charge in [0.25, 0.3) is 0 Å². The molecular formula is C19H34N2. The maximum Gasteiger partial charge on any atom is 0.0369 e. The first-order chi connectivity index (χ1) is 10.2. The molecule has 0 aromatic heterocycles. The highest BCUT2D eigenvalue weighted by molar-refractivity contribution is 5.50. The summed E-state index contributed by atoms with van der Waals surface area (Å²) in [6, 6.07) is 6.94. The summed E-state index contributed by atoms with van der Waals surface area (Å²) in [5.41, 5.74) is 4.20. The zero-order valence-corrected chi connectivity index (χ0v) is 14.7. The van der Waals surface area contributed by atoms with Crippen LogP contribution in [0.25, 0.3) is 0 Å². The van der Waals surface area contributed by atoms with E-state index < -0.39 is 0 Å². The Morgan fingerprint density at radius 1 is 1.10 bits per heavy atom. The maximum atomic E-state index is 3.49. The third-order valence-corrected chi connectivity index (χ3v) is 4.45. The average molecular weight is 290 g/mol. The second kappa shape index (κ2) is 9.83. The Bertz CT molecular complexity index is 397. The van der Waals surface area contributed by atoms with E-state index in [1.807, 2.05) is 0 Å². The molecule has 1 aromatic carbocycles. The van der Waals surface area contributed by atoms with Gasteiger partial charge in [-0.15, -0.1) is 0 Å². The number of aryl methyl sites for hydroxylation is 1. The van der Waals surface area contributed by atoms with Gasteiger partial charge in [-0.1, -0.05) is 39.7 Å². The molecule has 0 heterocycles. The van der Waals surface area contributed by atoms with Gasteiger partial charge in [-0.05, 0) is 56.0 Å². The molecule has 2 nitrogen and oxygen atoms in total. The zero-order chi connectivity index (χ0) is 15.7. The Morgan fingerprint density at radius 3 is 2.33 bits per heavy atom. The summed E-state index contributed by atoms with van der Waals surface area (Å²) >= 11 is 0. The highest BCUT2D eigenvalue weighted by Gasteiger charge is 2.11. The van der Waals surface area contributed by atoms with Crippen molar-refractivity contribution >= 4 is 5.69 Å². The van der Waals surface area contributed by atoms with Crippen LogP contribution in [0.4, 0.5) is 5.69 Å². The molecule has 0 radical (unpaired) electrons. The summed E-state index contributed by atoms with van der Waals surface area (Å²) in [5, 5.41) is 3.49.